The molecule has 0 atom stereocenters. The van der Waals surface area contributed by atoms with Gasteiger partial charge in [0, 0.05) is 31.4 Å². The van der Waals surface area contributed by atoms with Gasteiger partial charge in [0.05, 0.1) is 26.0 Å². The van der Waals surface area contributed by atoms with E-state index in [-0.39, 0.29) is 0 Å². The van der Waals surface area contributed by atoms with Crippen LogP contribution in [0, 0.1) is 0 Å². The van der Waals surface area contributed by atoms with Crippen LogP contribution in [0.1, 0.15) is 6.42 Å². The van der Waals surface area contributed by atoms with Crippen LogP contribution in [-0.4, -0.2) is 51.4 Å². The van der Waals surface area contributed by atoms with Gasteiger partial charge in [-0.3, -0.25) is 4.90 Å². The maximum Gasteiger partial charge on any atom is 0.143 e. The van der Waals surface area contributed by atoms with Crippen molar-refractivity contribution in [1.29, 1.82) is 0 Å². The number of benzene rings is 1. The quantitative estimate of drug-likeness (QED) is 0.601. The summed E-state index contributed by atoms with van der Waals surface area (Å²) in [5.41, 5.74) is 7.50. The van der Waals surface area contributed by atoms with Crippen LogP contribution in [0.5, 0.6) is 5.75 Å². The Morgan fingerprint density at radius 3 is 2.89 bits per heavy atom. The fourth-order valence-corrected chi connectivity index (χ4v) is 2.18. The second-order valence-electron chi connectivity index (χ2n) is 4.69. The first kappa shape index (κ1) is 14.0. The molecular formula is C14H23N3O2. The molecule has 1 aromatic rings. The summed E-state index contributed by atoms with van der Waals surface area (Å²) in [4.78, 5) is 2.44. The van der Waals surface area contributed by atoms with Crippen molar-refractivity contribution in [2.45, 2.75) is 6.42 Å². The fourth-order valence-electron chi connectivity index (χ4n) is 2.18. The molecule has 0 bridgehead atoms. The lowest BCUT2D eigenvalue weighted by Gasteiger charge is -2.26. The molecule has 1 aromatic carbocycles. The lowest BCUT2D eigenvalue weighted by atomic mass is 10.2. The highest BCUT2D eigenvalue weighted by molar-refractivity contribution is 5.61. The number of morpholine rings is 1. The van der Waals surface area contributed by atoms with Gasteiger partial charge in [-0.05, 0) is 25.1 Å². The summed E-state index contributed by atoms with van der Waals surface area (Å²) < 4.78 is 10.5. The Bertz CT molecular complexity index is 392. The van der Waals surface area contributed by atoms with Gasteiger partial charge in [-0.1, -0.05) is 0 Å². The molecule has 0 saturated carbocycles. The average Bonchev–Trinajstić information content (AvgIpc) is 2.46. The van der Waals surface area contributed by atoms with Crippen LogP contribution < -0.4 is 15.8 Å². The summed E-state index contributed by atoms with van der Waals surface area (Å²) in [6.07, 6.45) is 1.12. The van der Waals surface area contributed by atoms with Crippen molar-refractivity contribution in [3.05, 3.63) is 18.2 Å². The summed E-state index contributed by atoms with van der Waals surface area (Å²) in [6, 6.07) is 5.78. The molecule has 2 rings (SSSR count). The molecule has 5 heteroatoms. The fraction of sp³-hybridized carbons (Fsp3) is 0.571. The van der Waals surface area contributed by atoms with Crippen molar-refractivity contribution in [3.8, 4) is 5.75 Å². The normalized spacial score (nSPS) is 16.3. The van der Waals surface area contributed by atoms with Gasteiger partial charge in [0.1, 0.15) is 5.75 Å². The molecule has 1 aliphatic rings. The number of nitrogens with two attached hydrogens (primary N) is 1. The van der Waals surface area contributed by atoms with Crippen molar-refractivity contribution in [2.24, 2.45) is 0 Å². The summed E-state index contributed by atoms with van der Waals surface area (Å²) in [5.74, 6) is 0.721. The van der Waals surface area contributed by atoms with Gasteiger partial charge in [-0.2, -0.15) is 0 Å². The zero-order valence-electron chi connectivity index (χ0n) is 11.5. The van der Waals surface area contributed by atoms with Crippen molar-refractivity contribution in [1.82, 2.24) is 4.90 Å². The molecule has 1 saturated heterocycles. The second kappa shape index (κ2) is 7.21. The Balaban J connectivity index is 1.70. The SMILES string of the molecule is COc1cc(NCCCN2CCOCC2)ccc1N. The number of nitrogen functional groups attached to an aromatic ring is 1. The van der Waals surface area contributed by atoms with Gasteiger partial charge in [-0.15, -0.1) is 0 Å². The molecule has 0 radical (unpaired) electrons. The Morgan fingerprint density at radius 1 is 1.37 bits per heavy atom. The highest BCUT2D eigenvalue weighted by Gasteiger charge is 2.09. The third-order valence-corrected chi connectivity index (χ3v) is 3.32. The van der Waals surface area contributed by atoms with Crippen LogP contribution >= 0.6 is 0 Å². The van der Waals surface area contributed by atoms with Gasteiger partial charge in [0.15, 0.2) is 0 Å². The standard InChI is InChI=1S/C14H23N3O2/c1-18-14-11-12(3-4-13(14)15)16-5-2-6-17-7-9-19-10-8-17/h3-4,11,16H,2,5-10,15H2,1H3. The van der Waals surface area contributed by atoms with E-state index in [0.29, 0.717) is 5.69 Å². The van der Waals surface area contributed by atoms with Gasteiger partial charge in [0.25, 0.3) is 0 Å². The van der Waals surface area contributed by atoms with Gasteiger partial charge in [0.2, 0.25) is 0 Å². The molecule has 3 N–H and O–H groups in total. The molecule has 0 amide bonds. The van der Waals surface area contributed by atoms with Crippen LogP contribution in [0.4, 0.5) is 11.4 Å². The van der Waals surface area contributed by atoms with Crippen LogP contribution in [-0.2, 0) is 4.74 Å². The van der Waals surface area contributed by atoms with Gasteiger partial charge in [-0.25, -0.2) is 0 Å². The largest absolute Gasteiger partial charge is 0.495 e. The lowest BCUT2D eigenvalue weighted by molar-refractivity contribution is 0.0378. The molecule has 5 nitrogen and oxygen atoms in total. The second-order valence-corrected chi connectivity index (χ2v) is 4.69. The lowest BCUT2D eigenvalue weighted by Crippen LogP contribution is -2.37. The summed E-state index contributed by atoms with van der Waals surface area (Å²) in [7, 11) is 1.63. The zero-order chi connectivity index (χ0) is 13.5. The average molecular weight is 265 g/mol. The minimum absolute atomic E-state index is 0.668. The van der Waals surface area contributed by atoms with E-state index in [4.69, 9.17) is 15.2 Å². The summed E-state index contributed by atoms with van der Waals surface area (Å²) >= 11 is 0. The Morgan fingerprint density at radius 2 is 2.16 bits per heavy atom. The van der Waals surface area contributed by atoms with Crippen molar-refractivity contribution in [3.63, 3.8) is 0 Å². The molecule has 0 aliphatic carbocycles. The van der Waals surface area contributed by atoms with E-state index < -0.39 is 0 Å². The van der Waals surface area contributed by atoms with E-state index in [1.165, 1.54) is 0 Å². The third kappa shape index (κ3) is 4.29. The predicted octanol–water partition coefficient (Wildman–Crippen LogP) is 1.41. The van der Waals surface area contributed by atoms with Gasteiger partial charge >= 0.3 is 0 Å². The summed E-state index contributed by atoms with van der Waals surface area (Å²) in [5, 5.41) is 3.39. The molecule has 19 heavy (non-hydrogen) atoms. The number of hydrogen-bond acceptors (Lipinski definition) is 5. The Labute approximate surface area is 114 Å². The number of anilines is 2. The molecule has 106 valence electrons. The molecule has 0 spiro atoms. The van der Waals surface area contributed by atoms with Crippen molar-refractivity contribution < 1.29 is 9.47 Å². The molecule has 0 aromatic heterocycles. The molecule has 1 heterocycles. The number of rotatable bonds is 6. The van der Waals surface area contributed by atoms with E-state index in [0.717, 1.165) is 57.3 Å². The summed E-state index contributed by atoms with van der Waals surface area (Å²) in [6.45, 7) is 5.89. The monoisotopic (exact) mass is 265 g/mol. The highest BCUT2D eigenvalue weighted by atomic mass is 16.5. The third-order valence-electron chi connectivity index (χ3n) is 3.32. The van der Waals surface area contributed by atoms with E-state index in [1.807, 2.05) is 18.2 Å². The van der Waals surface area contributed by atoms with E-state index in [2.05, 4.69) is 10.2 Å². The van der Waals surface area contributed by atoms with Crippen LogP contribution in [0.3, 0.4) is 0 Å². The maximum atomic E-state index is 5.78. The Hall–Kier alpha value is -1.46. The molecule has 0 unspecified atom stereocenters. The number of nitrogens with zero attached hydrogens (tertiary/aromatic N) is 1. The van der Waals surface area contributed by atoms with E-state index in [9.17, 15) is 0 Å². The topological polar surface area (TPSA) is 59.8 Å². The predicted molar refractivity (Wildman–Crippen MR) is 77.8 cm³/mol. The number of ether oxygens (including phenoxy) is 2. The van der Waals surface area contributed by atoms with Gasteiger partial charge < -0.3 is 20.5 Å². The van der Waals surface area contributed by atoms with E-state index in [1.54, 1.807) is 7.11 Å². The van der Waals surface area contributed by atoms with Crippen molar-refractivity contribution >= 4 is 11.4 Å². The minimum atomic E-state index is 0.668. The van der Waals surface area contributed by atoms with Crippen LogP contribution in [0.15, 0.2) is 18.2 Å². The first-order valence-electron chi connectivity index (χ1n) is 6.77. The molecule has 1 fully saturated rings. The van der Waals surface area contributed by atoms with Crippen LogP contribution in [0.2, 0.25) is 0 Å². The first-order chi connectivity index (χ1) is 9.29. The van der Waals surface area contributed by atoms with Crippen molar-refractivity contribution in [2.75, 3.05) is 57.6 Å². The number of hydrogen-bond donors (Lipinski definition) is 2. The highest BCUT2D eigenvalue weighted by Crippen LogP contribution is 2.24. The molecule has 1 aliphatic heterocycles. The Kier molecular flexibility index (Phi) is 5.30. The maximum absolute atomic E-state index is 5.78. The van der Waals surface area contributed by atoms with Crippen LogP contribution in [0.25, 0.3) is 0 Å². The van der Waals surface area contributed by atoms with E-state index >= 15 is 0 Å². The first-order valence-corrected chi connectivity index (χ1v) is 6.77. The minimum Gasteiger partial charge on any atom is -0.495 e. The number of nitrogens with one attached hydrogen (secondary N) is 1. The smallest absolute Gasteiger partial charge is 0.143 e. The molecular weight excluding hydrogens is 242 g/mol. The number of methoxy groups -OCH3 is 1. The zero-order valence-corrected chi connectivity index (χ0v) is 11.5.